The van der Waals surface area contributed by atoms with Crippen LogP contribution in [0.15, 0.2) is 0 Å². The summed E-state index contributed by atoms with van der Waals surface area (Å²) in [5.41, 5.74) is 0. The molecule has 1 N–H and O–H groups in total. The van der Waals surface area contributed by atoms with Gasteiger partial charge in [-0.2, -0.15) is 0 Å². The maximum Gasteiger partial charge on any atom is 0.168 e. The first-order chi connectivity index (χ1) is 9.30. The van der Waals surface area contributed by atoms with Crippen molar-refractivity contribution in [1.29, 1.82) is 0 Å². The van der Waals surface area contributed by atoms with Crippen LogP contribution in [0.5, 0.6) is 0 Å². The van der Waals surface area contributed by atoms with Gasteiger partial charge in [-0.3, -0.25) is 0 Å². The van der Waals surface area contributed by atoms with Gasteiger partial charge in [-0.05, 0) is 44.4 Å². The number of hydrogen-bond acceptors (Lipinski definition) is 3. The van der Waals surface area contributed by atoms with Gasteiger partial charge in [0.15, 0.2) is 5.79 Å². The minimum atomic E-state index is -0.196. The molecule has 1 aliphatic heterocycles. The van der Waals surface area contributed by atoms with Crippen LogP contribution in [0.2, 0.25) is 0 Å². The van der Waals surface area contributed by atoms with Crippen LogP contribution >= 0.6 is 0 Å². The van der Waals surface area contributed by atoms with Gasteiger partial charge in [0.25, 0.3) is 0 Å². The van der Waals surface area contributed by atoms with Gasteiger partial charge in [-0.25, -0.2) is 0 Å². The molecule has 0 aromatic heterocycles. The molecule has 0 unspecified atom stereocenters. The summed E-state index contributed by atoms with van der Waals surface area (Å²) in [6.45, 7) is 3.92. The summed E-state index contributed by atoms with van der Waals surface area (Å²) >= 11 is 0. The molecule has 0 aromatic carbocycles. The van der Waals surface area contributed by atoms with Crippen LogP contribution in [0, 0.1) is 5.92 Å². The Balaban J connectivity index is 1.40. The molecule has 110 valence electrons. The normalized spacial score (nSPS) is 35.8. The van der Waals surface area contributed by atoms with Crippen LogP contribution in [0.4, 0.5) is 0 Å². The Morgan fingerprint density at radius 1 is 0.895 bits per heavy atom. The predicted octanol–water partition coefficient (Wildman–Crippen LogP) is 3.23. The third-order valence-corrected chi connectivity index (χ3v) is 5.46. The fraction of sp³-hybridized carbons (Fsp3) is 1.00. The van der Waals surface area contributed by atoms with Crippen molar-refractivity contribution in [3.63, 3.8) is 0 Å². The van der Waals surface area contributed by atoms with Crippen molar-refractivity contribution >= 4 is 0 Å². The van der Waals surface area contributed by atoms with Gasteiger partial charge in [0.1, 0.15) is 0 Å². The second-order valence-electron chi connectivity index (χ2n) is 6.67. The molecule has 2 saturated carbocycles. The summed E-state index contributed by atoms with van der Waals surface area (Å²) in [5.74, 6) is 0.797. The molecule has 1 heterocycles. The zero-order valence-corrected chi connectivity index (χ0v) is 12.3. The Hall–Kier alpha value is -0.120. The lowest BCUT2D eigenvalue weighted by Crippen LogP contribution is -2.46. The van der Waals surface area contributed by atoms with Crippen LogP contribution < -0.4 is 5.32 Å². The lowest BCUT2D eigenvalue weighted by molar-refractivity contribution is -0.179. The molecular formula is C16H29NO2. The van der Waals surface area contributed by atoms with E-state index in [-0.39, 0.29) is 5.79 Å². The van der Waals surface area contributed by atoms with Crippen molar-refractivity contribution in [2.24, 2.45) is 5.92 Å². The van der Waals surface area contributed by atoms with Crippen molar-refractivity contribution < 1.29 is 9.47 Å². The number of nitrogens with one attached hydrogen (secondary N) is 1. The predicted molar refractivity (Wildman–Crippen MR) is 76.1 cm³/mol. The summed E-state index contributed by atoms with van der Waals surface area (Å²) < 4.78 is 11.6. The Morgan fingerprint density at radius 2 is 1.47 bits per heavy atom. The van der Waals surface area contributed by atoms with Crippen molar-refractivity contribution in [2.75, 3.05) is 13.2 Å². The Kier molecular flexibility index (Phi) is 4.45. The summed E-state index contributed by atoms with van der Waals surface area (Å²) in [6, 6.07) is 1.47. The second kappa shape index (κ2) is 6.11. The maximum atomic E-state index is 5.80. The van der Waals surface area contributed by atoms with Gasteiger partial charge in [0, 0.05) is 24.9 Å². The fourth-order valence-corrected chi connectivity index (χ4v) is 4.08. The zero-order valence-electron chi connectivity index (χ0n) is 12.3. The topological polar surface area (TPSA) is 30.5 Å². The molecule has 1 saturated heterocycles. The van der Waals surface area contributed by atoms with E-state index in [4.69, 9.17) is 9.47 Å². The van der Waals surface area contributed by atoms with Crippen LogP contribution in [0.3, 0.4) is 0 Å². The van der Waals surface area contributed by atoms with Gasteiger partial charge in [0.05, 0.1) is 13.2 Å². The molecule has 2 aliphatic carbocycles. The van der Waals surface area contributed by atoms with Crippen molar-refractivity contribution in [3.8, 4) is 0 Å². The van der Waals surface area contributed by atoms with Crippen LogP contribution in [0.25, 0.3) is 0 Å². The maximum absolute atomic E-state index is 5.80. The molecule has 1 spiro atoms. The van der Waals surface area contributed by atoms with Gasteiger partial charge >= 0.3 is 0 Å². The molecule has 19 heavy (non-hydrogen) atoms. The number of hydrogen-bond donors (Lipinski definition) is 1. The fourth-order valence-electron chi connectivity index (χ4n) is 4.08. The molecule has 3 fully saturated rings. The average molecular weight is 267 g/mol. The van der Waals surface area contributed by atoms with Gasteiger partial charge in [-0.15, -0.1) is 0 Å². The number of ether oxygens (including phenoxy) is 2. The third kappa shape index (κ3) is 3.32. The van der Waals surface area contributed by atoms with E-state index < -0.39 is 0 Å². The molecular weight excluding hydrogens is 238 g/mol. The van der Waals surface area contributed by atoms with Gasteiger partial charge < -0.3 is 14.8 Å². The standard InChI is InChI=1S/C16H29NO2/c1-2-13-3-5-14(6-4-13)17-15-7-9-16(10-8-15)18-11-12-19-16/h13-15,17H,2-12H2,1H3. The Labute approximate surface area is 117 Å². The van der Waals surface area contributed by atoms with Crippen LogP contribution in [-0.2, 0) is 9.47 Å². The Morgan fingerprint density at radius 3 is 2.05 bits per heavy atom. The first-order valence-corrected chi connectivity index (χ1v) is 8.33. The largest absolute Gasteiger partial charge is 0.348 e. The van der Waals surface area contributed by atoms with Crippen molar-refractivity contribution in [3.05, 3.63) is 0 Å². The monoisotopic (exact) mass is 267 g/mol. The van der Waals surface area contributed by atoms with Gasteiger partial charge in [-0.1, -0.05) is 13.3 Å². The first kappa shape index (κ1) is 13.8. The lowest BCUT2D eigenvalue weighted by atomic mass is 9.83. The summed E-state index contributed by atoms with van der Waals surface area (Å²) in [7, 11) is 0. The second-order valence-corrected chi connectivity index (χ2v) is 6.67. The molecule has 0 radical (unpaired) electrons. The molecule has 0 amide bonds. The molecule has 0 bridgehead atoms. The van der Waals surface area contributed by atoms with E-state index in [0.717, 1.165) is 38.0 Å². The Bertz CT molecular complexity index is 270. The van der Waals surface area contributed by atoms with E-state index in [9.17, 15) is 0 Å². The average Bonchev–Trinajstić information content (AvgIpc) is 2.91. The quantitative estimate of drug-likeness (QED) is 0.851. The zero-order chi connectivity index (χ0) is 13.1. The van der Waals surface area contributed by atoms with E-state index in [1.807, 2.05) is 0 Å². The van der Waals surface area contributed by atoms with Crippen LogP contribution in [0.1, 0.15) is 64.7 Å². The highest BCUT2D eigenvalue weighted by molar-refractivity contribution is 4.88. The van der Waals surface area contributed by atoms with E-state index in [1.54, 1.807) is 0 Å². The van der Waals surface area contributed by atoms with Crippen LogP contribution in [-0.4, -0.2) is 31.1 Å². The first-order valence-electron chi connectivity index (χ1n) is 8.33. The SMILES string of the molecule is CCC1CCC(NC2CCC3(CC2)OCCO3)CC1. The molecule has 3 nitrogen and oxygen atoms in total. The molecule has 3 aliphatic rings. The highest BCUT2D eigenvalue weighted by atomic mass is 16.7. The minimum Gasteiger partial charge on any atom is -0.348 e. The third-order valence-electron chi connectivity index (χ3n) is 5.46. The highest BCUT2D eigenvalue weighted by Crippen LogP contribution is 2.36. The summed E-state index contributed by atoms with van der Waals surface area (Å²) in [4.78, 5) is 0. The number of rotatable bonds is 3. The van der Waals surface area contributed by atoms with E-state index in [2.05, 4.69) is 12.2 Å². The molecule has 0 atom stereocenters. The van der Waals surface area contributed by atoms with E-state index >= 15 is 0 Å². The summed E-state index contributed by atoms with van der Waals surface area (Å²) in [6.07, 6.45) is 11.6. The van der Waals surface area contributed by atoms with E-state index in [0.29, 0.717) is 6.04 Å². The highest BCUT2D eigenvalue weighted by Gasteiger charge is 2.40. The van der Waals surface area contributed by atoms with E-state index in [1.165, 1.54) is 44.9 Å². The minimum absolute atomic E-state index is 0.196. The van der Waals surface area contributed by atoms with Crippen molar-refractivity contribution in [1.82, 2.24) is 5.32 Å². The lowest BCUT2D eigenvalue weighted by Gasteiger charge is -2.38. The molecule has 0 aromatic rings. The summed E-state index contributed by atoms with van der Waals surface area (Å²) in [5, 5.41) is 3.90. The molecule has 3 rings (SSSR count). The molecule has 3 heteroatoms. The van der Waals surface area contributed by atoms with Crippen molar-refractivity contribution in [2.45, 2.75) is 82.6 Å². The smallest absolute Gasteiger partial charge is 0.168 e. The van der Waals surface area contributed by atoms with Gasteiger partial charge in [0.2, 0.25) is 0 Å².